The lowest BCUT2D eigenvalue weighted by Gasteiger charge is -2.19. The number of fused-ring (bicyclic) bond motifs is 1. The molecule has 3 nitrogen and oxygen atoms in total. The van der Waals surface area contributed by atoms with Gasteiger partial charge >= 0.3 is 0 Å². The van der Waals surface area contributed by atoms with E-state index in [4.69, 9.17) is 5.73 Å². The molecular formula is C9H10N2O. The molecule has 2 rings (SSSR count). The Kier molecular flexibility index (Phi) is 1.66. The van der Waals surface area contributed by atoms with Crippen LogP contribution in [-0.4, -0.2) is 10.8 Å². The maximum atomic E-state index is 11.2. The van der Waals surface area contributed by atoms with Crippen LogP contribution in [0.25, 0.3) is 0 Å². The van der Waals surface area contributed by atoms with E-state index in [1.807, 2.05) is 12.1 Å². The van der Waals surface area contributed by atoms with E-state index in [0.29, 0.717) is 6.42 Å². The van der Waals surface area contributed by atoms with E-state index < -0.39 is 6.04 Å². The van der Waals surface area contributed by atoms with Crippen LogP contribution >= 0.6 is 0 Å². The first kappa shape index (κ1) is 7.43. The zero-order valence-electron chi connectivity index (χ0n) is 6.66. The van der Waals surface area contributed by atoms with E-state index in [2.05, 4.69) is 4.98 Å². The van der Waals surface area contributed by atoms with Crippen molar-refractivity contribution in [3.8, 4) is 0 Å². The van der Waals surface area contributed by atoms with Crippen LogP contribution < -0.4 is 5.73 Å². The van der Waals surface area contributed by atoms with Crippen molar-refractivity contribution in [3.05, 3.63) is 29.6 Å². The molecule has 0 aliphatic heterocycles. The molecule has 12 heavy (non-hydrogen) atoms. The molecule has 1 aromatic rings. The van der Waals surface area contributed by atoms with E-state index in [1.165, 1.54) is 0 Å². The van der Waals surface area contributed by atoms with E-state index in [9.17, 15) is 4.79 Å². The zero-order chi connectivity index (χ0) is 8.55. The second kappa shape index (κ2) is 2.68. The number of aryl methyl sites for hydroxylation is 1. The lowest BCUT2D eigenvalue weighted by Crippen LogP contribution is -2.27. The summed E-state index contributed by atoms with van der Waals surface area (Å²) in [7, 11) is 0. The van der Waals surface area contributed by atoms with Gasteiger partial charge in [0.1, 0.15) is 0 Å². The van der Waals surface area contributed by atoms with Crippen molar-refractivity contribution in [1.29, 1.82) is 0 Å². The molecule has 62 valence electrons. The van der Waals surface area contributed by atoms with Crippen molar-refractivity contribution in [1.82, 2.24) is 4.98 Å². The molecule has 1 atom stereocenters. The molecule has 0 bridgehead atoms. The number of rotatable bonds is 0. The van der Waals surface area contributed by atoms with Crippen LogP contribution in [0.15, 0.2) is 18.3 Å². The topological polar surface area (TPSA) is 56.0 Å². The summed E-state index contributed by atoms with van der Waals surface area (Å²) in [5.74, 6) is 0.121. The summed E-state index contributed by atoms with van der Waals surface area (Å²) in [6.45, 7) is 0. The van der Waals surface area contributed by atoms with Gasteiger partial charge in [-0.1, -0.05) is 6.07 Å². The van der Waals surface area contributed by atoms with Gasteiger partial charge in [0.15, 0.2) is 5.78 Å². The Morgan fingerprint density at radius 1 is 1.50 bits per heavy atom. The van der Waals surface area contributed by atoms with Crippen molar-refractivity contribution >= 4 is 5.78 Å². The number of carbonyl (C=O) groups excluding carboxylic acids is 1. The van der Waals surface area contributed by atoms with Gasteiger partial charge in [0.05, 0.1) is 6.04 Å². The van der Waals surface area contributed by atoms with E-state index in [1.54, 1.807) is 6.20 Å². The Labute approximate surface area is 70.6 Å². The first-order valence-corrected chi connectivity index (χ1v) is 4.01. The highest BCUT2D eigenvalue weighted by molar-refractivity contribution is 5.87. The number of nitrogens with zero attached hydrogens (tertiary/aromatic N) is 1. The number of ketones is 1. The number of nitrogens with two attached hydrogens (primary N) is 1. The molecule has 0 aromatic carbocycles. The fourth-order valence-corrected chi connectivity index (χ4v) is 1.51. The van der Waals surface area contributed by atoms with Gasteiger partial charge in [0.25, 0.3) is 0 Å². The Morgan fingerprint density at radius 3 is 3.17 bits per heavy atom. The van der Waals surface area contributed by atoms with E-state index in [-0.39, 0.29) is 5.78 Å². The minimum Gasteiger partial charge on any atom is -0.318 e. The summed E-state index contributed by atoms with van der Waals surface area (Å²) >= 11 is 0. The van der Waals surface area contributed by atoms with Crippen molar-refractivity contribution < 1.29 is 4.79 Å². The van der Waals surface area contributed by atoms with Gasteiger partial charge in [-0.2, -0.15) is 0 Å². The summed E-state index contributed by atoms with van der Waals surface area (Å²) in [5.41, 5.74) is 7.57. The molecular weight excluding hydrogens is 152 g/mol. The first-order chi connectivity index (χ1) is 5.79. The molecule has 1 aliphatic carbocycles. The molecule has 0 spiro atoms. The normalized spacial score (nSPS) is 22.1. The predicted molar refractivity (Wildman–Crippen MR) is 44.5 cm³/mol. The summed E-state index contributed by atoms with van der Waals surface area (Å²) < 4.78 is 0. The van der Waals surface area contributed by atoms with Crippen molar-refractivity contribution in [2.45, 2.75) is 18.9 Å². The molecule has 1 aromatic heterocycles. The van der Waals surface area contributed by atoms with Crippen LogP contribution in [-0.2, 0) is 11.2 Å². The Morgan fingerprint density at radius 2 is 2.33 bits per heavy atom. The van der Waals surface area contributed by atoms with Crippen molar-refractivity contribution in [2.24, 2.45) is 5.73 Å². The summed E-state index contributed by atoms with van der Waals surface area (Å²) in [5, 5.41) is 0. The Hall–Kier alpha value is -1.22. The van der Waals surface area contributed by atoms with Crippen molar-refractivity contribution in [3.63, 3.8) is 0 Å². The van der Waals surface area contributed by atoms with Gasteiger partial charge in [0, 0.05) is 18.3 Å². The largest absolute Gasteiger partial charge is 0.318 e. The fraction of sp³-hybridized carbons (Fsp3) is 0.333. The standard InChI is InChI=1S/C9H10N2O/c10-9-6-2-1-5-11-7(6)3-4-8(9)12/h1-2,5,9H,3-4,10H2. The predicted octanol–water partition coefficient (Wildman–Crippen LogP) is 0.597. The number of aromatic nitrogens is 1. The first-order valence-electron chi connectivity index (χ1n) is 4.01. The molecule has 3 heteroatoms. The highest BCUT2D eigenvalue weighted by Gasteiger charge is 2.24. The van der Waals surface area contributed by atoms with E-state index >= 15 is 0 Å². The number of hydrogen-bond donors (Lipinski definition) is 1. The van der Waals surface area contributed by atoms with Crippen LogP contribution in [0, 0.1) is 0 Å². The molecule has 0 saturated carbocycles. The fourth-order valence-electron chi connectivity index (χ4n) is 1.51. The van der Waals surface area contributed by atoms with Gasteiger partial charge in [0.2, 0.25) is 0 Å². The molecule has 1 heterocycles. The summed E-state index contributed by atoms with van der Waals surface area (Å²) in [4.78, 5) is 15.4. The Balaban J connectivity index is 2.48. The van der Waals surface area contributed by atoms with Gasteiger partial charge in [-0.25, -0.2) is 0 Å². The average molecular weight is 162 g/mol. The van der Waals surface area contributed by atoms with Crippen LogP contribution in [0.1, 0.15) is 23.7 Å². The molecule has 0 saturated heterocycles. The maximum Gasteiger partial charge on any atom is 0.154 e. The van der Waals surface area contributed by atoms with Crippen LogP contribution in [0.2, 0.25) is 0 Å². The minimum absolute atomic E-state index is 0.121. The van der Waals surface area contributed by atoms with Crippen LogP contribution in [0.5, 0.6) is 0 Å². The third-order valence-electron chi connectivity index (χ3n) is 2.22. The summed E-state index contributed by atoms with van der Waals surface area (Å²) in [6.07, 6.45) is 3.01. The van der Waals surface area contributed by atoms with E-state index in [0.717, 1.165) is 17.7 Å². The zero-order valence-corrected chi connectivity index (χ0v) is 6.66. The number of carbonyl (C=O) groups is 1. The summed E-state index contributed by atoms with van der Waals surface area (Å²) in [6, 6.07) is 3.25. The van der Waals surface area contributed by atoms with Gasteiger partial charge in [-0.05, 0) is 18.1 Å². The second-order valence-corrected chi connectivity index (χ2v) is 2.98. The third-order valence-corrected chi connectivity index (χ3v) is 2.22. The highest BCUT2D eigenvalue weighted by atomic mass is 16.1. The molecule has 0 radical (unpaired) electrons. The number of hydrogen-bond acceptors (Lipinski definition) is 3. The van der Waals surface area contributed by atoms with Crippen LogP contribution in [0.4, 0.5) is 0 Å². The average Bonchev–Trinajstić information content (AvgIpc) is 2.12. The van der Waals surface area contributed by atoms with Gasteiger partial charge < -0.3 is 5.73 Å². The minimum atomic E-state index is -0.442. The third kappa shape index (κ3) is 1.02. The lowest BCUT2D eigenvalue weighted by molar-refractivity contribution is -0.120. The monoisotopic (exact) mass is 162 g/mol. The second-order valence-electron chi connectivity index (χ2n) is 2.98. The number of pyridine rings is 1. The van der Waals surface area contributed by atoms with Gasteiger partial charge in [-0.3, -0.25) is 9.78 Å². The molecule has 1 aliphatic rings. The van der Waals surface area contributed by atoms with Crippen LogP contribution in [0.3, 0.4) is 0 Å². The quantitative estimate of drug-likeness (QED) is 0.607. The molecule has 1 unspecified atom stereocenters. The molecule has 0 amide bonds. The number of Topliss-reactive ketones (excluding diaryl/α,β-unsaturated/α-hetero) is 1. The molecule has 0 fully saturated rings. The van der Waals surface area contributed by atoms with Crippen molar-refractivity contribution in [2.75, 3.05) is 0 Å². The Bertz CT molecular complexity index is 322. The molecule has 2 N–H and O–H groups in total. The SMILES string of the molecule is NC1C(=O)CCc2ncccc21. The lowest BCUT2D eigenvalue weighted by atomic mass is 9.91. The maximum absolute atomic E-state index is 11.2. The van der Waals surface area contributed by atoms with Gasteiger partial charge in [-0.15, -0.1) is 0 Å². The highest BCUT2D eigenvalue weighted by Crippen LogP contribution is 2.22. The smallest absolute Gasteiger partial charge is 0.154 e.